The summed E-state index contributed by atoms with van der Waals surface area (Å²) in [7, 11) is 0. The molecule has 6 nitrogen and oxygen atoms in total. The molecule has 0 aliphatic carbocycles. The third kappa shape index (κ3) is 2.63. The standard InChI is InChI=1S/C12H16O6/c13-6-8-9(14)10(15)11(16)12(18-8)17-7-4-2-1-3-5-7/h1-5,8-16H,6H2/t8-,9+,10+,11-,12+/m0/s1. The van der Waals surface area contributed by atoms with Crippen molar-refractivity contribution >= 4 is 0 Å². The molecular weight excluding hydrogens is 240 g/mol. The predicted molar refractivity (Wildman–Crippen MR) is 60.8 cm³/mol. The van der Waals surface area contributed by atoms with Crippen molar-refractivity contribution in [2.24, 2.45) is 0 Å². The molecule has 1 aromatic rings. The van der Waals surface area contributed by atoms with Crippen molar-refractivity contribution in [1.29, 1.82) is 0 Å². The Bertz CT molecular complexity index is 368. The van der Waals surface area contributed by atoms with E-state index in [1.807, 2.05) is 0 Å². The highest BCUT2D eigenvalue weighted by molar-refractivity contribution is 5.21. The van der Waals surface area contributed by atoms with E-state index in [0.29, 0.717) is 5.75 Å². The largest absolute Gasteiger partial charge is 0.462 e. The van der Waals surface area contributed by atoms with E-state index < -0.39 is 37.3 Å². The van der Waals surface area contributed by atoms with Crippen molar-refractivity contribution in [3.63, 3.8) is 0 Å². The highest BCUT2D eigenvalue weighted by Gasteiger charge is 2.44. The van der Waals surface area contributed by atoms with Crippen LogP contribution in [0.4, 0.5) is 0 Å². The number of aliphatic hydroxyl groups excluding tert-OH is 4. The summed E-state index contributed by atoms with van der Waals surface area (Å²) >= 11 is 0. The molecule has 2 rings (SSSR count). The maximum Gasteiger partial charge on any atom is 0.229 e. The van der Waals surface area contributed by atoms with Crippen LogP contribution in [0.15, 0.2) is 30.3 Å². The average Bonchev–Trinajstić information content (AvgIpc) is 2.40. The van der Waals surface area contributed by atoms with E-state index >= 15 is 0 Å². The first-order chi connectivity index (χ1) is 8.63. The summed E-state index contributed by atoms with van der Waals surface area (Å²) in [6.45, 7) is -0.473. The molecule has 100 valence electrons. The van der Waals surface area contributed by atoms with E-state index in [4.69, 9.17) is 14.6 Å². The first-order valence-electron chi connectivity index (χ1n) is 5.65. The Labute approximate surface area is 104 Å². The van der Waals surface area contributed by atoms with Crippen LogP contribution in [-0.2, 0) is 4.74 Å². The molecule has 1 aliphatic rings. The zero-order valence-corrected chi connectivity index (χ0v) is 9.59. The van der Waals surface area contributed by atoms with Crippen LogP contribution < -0.4 is 4.74 Å². The summed E-state index contributed by atoms with van der Waals surface area (Å²) in [4.78, 5) is 0. The molecule has 1 saturated heterocycles. The third-order valence-corrected chi connectivity index (χ3v) is 2.84. The summed E-state index contributed by atoms with van der Waals surface area (Å²) < 4.78 is 10.6. The monoisotopic (exact) mass is 256 g/mol. The number of hydrogen-bond donors (Lipinski definition) is 4. The smallest absolute Gasteiger partial charge is 0.229 e. The van der Waals surface area contributed by atoms with Gasteiger partial charge in [-0.05, 0) is 12.1 Å². The van der Waals surface area contributed by atoms with Crippen LogP contribution in [0, 0.1) is 0 Å². The van der Waals surface area contributed by atoms with Gasteiger partial charge in [-0.3, -0.25) is 0 Å². The van der Waals surface area contributed by atoms with E-state index in [9.17, 15) is 15.3 Å². The zero-order chi connectivity index (χ0) is 13.1. The molecule has 1 heterocycles. The number of hydrogen-bond acceptors (Lipinski definition) is 6. The summed E-state index contributed by atoms with van der Waals surface area (Å²) in [5.41, 5.74) is 0. The van der Waals surface area contributed by atoms with Gasteiger partial charge < -0.3 is 29.9 Å². The Balaban J connectivity index is 2.08. The van der Waals surface area contributed by atoms with Crippen molar-refractivity contribution in [2.45, 2.75) is 30.7 Å². The fourth-order valence-electron chi connectivity index (χ4n) is 1.80. The molecule has 4 N–H and O–H groups in total. The van der Waals surface area contributed by atoms with Gasteiger partial charge in [-0.1, -0.05) is 18.2 Å². The lowest BCUT2D eigenvalue weighted by Crippen LogP contribution is -2.60. The molecule has 0 aromatic heterocycles. The van der Waals surface area contributed by atoms with Crippen molar-refractivity contribution in [2.75, 3.05) is 6.61 Å². The van der Waals surface area contributed by atoms with Crippen molar-refractivity contribution in [1.82, 2.24) is 0 Å². The number of para-hydroxylation sites is 1. The molecule has 0 saturated carbocycles. The normalized spacial score (nSPS) is 36.3. The Kier molecular flexibility index (Phi) is 4.15. The SMILES string of the molecule is OC[C@@H]1O[C@@H](Oc2ccccc2)[C@@H](O)[C@H](O)[C@@H]1O. The number of ether oxygens (including phenoxy) is 2. The van der Waals surface area contributed by atoms with Gasteiger partial charge in [-0.25, -0.2) is 0 Å². The maximum absolute atomic E-state index is 9.74. The quantitative estimate of drug-likeness (QED) is 0.546. The maximum atomic E-state index is 9.74. The lowest BCUT2D eigenvalue weighted by atomic mass is 9.99. The molecule has 0 unspecified atom stereocenters. The fourth-order valence-corrected chi connectivity index (χ4v) is 1.80. The lowest BCUT2D eigenvalue weighted by molar-refractivity contribution is -0.277. The molecule has 1 aliphatic heterocycles. The second-order valence-electron chi connectivity index (χ2n) is 4.13. The van der Waals surface area contributed by atoms with Crippen LogP contribution in [0.3, 0.4) is 0 Å². The first-order valence-corrected chi connectivity index (χ1v) is 5.65. The summed E-state index contributed by atoms with van der Waals surface area (Å²) in [5.74, 6) is 0.460. The molecule has 1 aromatic carbocycles. The van der Waals surface area contributed by atoms with Crippen molar-refractivity contribution in [3.05, 3.63) is 30.3 Å². The van der Waals surface area contributed by atoms with Crippen LogP contribution in [0.25, 0.3) is 0 Å². The first kappa shape index (κ1) is 13.3. The number of aliphatic hydroxyl groups is 4. The summed E-state index contributed by atoms with van der Waals surface area (Å²) in [6.07, 6.45) is -6.28. The van der Waals surface area contributed by atoms with Gasteiger partial charge in [-0.2, -0.15) is 0 Å². The van der Waals surface area contributed by atoms with E-state index in [-0.39, 0.29) is 0 Å². The molecule has 1 fully saturated rings. The van der Waals surface area contributed by atoms with Crippen LogP contribution in [-0.4, -0.2) is 57.7 Å². The van der Waals surface area contributed by atoms with Crippen LogP contribution in [0.1, 0.15) is 0 Å². The minimum absolute atomic E-state index is 0.460. The average molecular weight is 256 g/mol. The number of rotatable bonds is 3. The van der Waals surface area contributed by atoms with E-state index in [2.05, 4.69) is 0 Å². The van der Waals surface area contributed by atoms with Gasteiger partial charge in [0, 0.05) is 0 Å². The van der Waals surface area contributed by atoms with Gasteiger partial charge >= 0.3 is 0 Å². The summed E-state index contributed by atoms with van der Waals surface area (Å²) in [5, 5.41) is 37.9. The Morgan fingerprint density at radius 3 is 2.28 bits per heavy atom. The second kappa shape index (κ2) is 5.64. The van der Waals surface area contributed by atoms with Crippen LogP contribution in [0.5, 0.6) is 5.75 Å². The Morgan fingerprint density at radius 2 is 1.67 bits per heavy atom. The molecule has 0 amide bonds. The van der Waals surface area contributed by atoms with Gasteiger partial charge in [-0.15, -0.1) is 0 Å². The molecule has 5 atom stereocenters. The molecule has 6 heteroatoms. The lowest BCUT2D eigenvalue weighted by Gasteiger charge is -2.39. The van der Waals surface area contributed by atoms with Gasteiger partial charge in [0.25, 0.3) is 0 Å². The van der Waals surface area contributed by atoms with E-state index in [1.54, 1.807) is 30.3 Å². The highest BCUT2D eigenvalue weighted by Crippen LogP contribution is 2.23. The third-order valence-electron chi connectivity index (χ3n) is 2.84. The van der Waals surface area contributed by atoms with Gasteiger partial charge in [0.15, 0.2) is 0 Å². The Morgan fingerprint density at radius 1 is 1.00 bits per heavy atom. The molecule has 0 radical (unpaired) electrons. The zero-order valence-electron chi connectivity index (χ0n) is 9.59. The molecule has 0 bridgehead atoms. The molecule has 0 spiro atoms. The highest BCUT2D eigenvalue weighted by atomic mass is 16.7. The van der Waals surface area contributed by atoms with E-state index in [1.165, 1.54) is 0 Å². The van der Waals surface area contributed by atoms with Gasteiger partial charge in [0.1, 0.15) is 30.2 Å². The summed E-state index contributed by atoms with van der Waals surface area (Å²) in [6, 6.07) is 8.64. The number of benzene rings is 1. The van der Waals surface area contributed by atoms with Crippen molar-refractivity contribution < 1.29 is 29.9 Å². The van der Waals surface area contributed by atoms with Gasteiger partial charge in [0.2, 0.25) is 6.29 Å². The molecule has 18 heavy (non-hydrogen) atoms. The topological polar surface area (TPSA) is 99.4 Å². The van der Waals surface area contributed by atoms with E-state index in [0.717, 1.165) is 0 Å². The van der Waals surface area contributed by atoms with Crippen LogP contribution in [0.2, 0.25) is 0 Å². The fraction of sp³-hybridized carbons (Fsp3) is 0.500. The Hall–Kier alpha value is -1.18. The minimum Gasteiger partial charge on any atom is -0.462 e. The van der Waals surface area contributed by atoms with Crippen LogP contribution >= 0.6 is 0 Å². The predicted octanol–water partition coefficient (Wildman–Crippen LogP) is -1.13. The minimum atomic E-state index is -1.43. The second-order valence-corrected chi connectivity index (χ2v) is 4.13. The van der Waals surface area contributed by atoms with Crippen molar-refractivity contribution in [3.8, 4) is 5.75 Å². The molecular formula is C12H16O6. The van der Waals surface area contributed by atoms with Gasteiger partial charge in [0.05, 0.1) is 6.61 Å².